The predicted octanol–water partition coefficient (Wildman–Crippen LogP) is 1.51. The molecule has 0 spiro atoms. The van der Waals surface area contributed by atoms with E-state index >= 15 is 0 Å². The van der Waals surface area contributed by atoms with Crippen LogP contribution in [0.2, 0.25) is 0 Å². The summed E-state index contributed by atoms with van der Waals surface area (Å²) in [6, 6.07) is 4.10. The van der Waals surface area contributed by atoms with E-state index in [1.165, 1.54) is 6.20 Å². The van der Waals surface area contributed by atoms with Crippen molar-refractivity contribution in [3.63, 3.8) is 0 Å². The van der Waals surface area contributed by atoms with Crippen molar-refractivity contribution in [3.8, 4) is 29.3 Å². The maximum Gasteiger partial charge on any atom is 0.179 e. The molecule has 0 saturated carbocycles. The third-order valence-corrected chi connectivity index (χ3v) is 4.77. The summed E-state index contributed by atoms with van der Waals surface area (Å²) in [4.78, 5) is 1.73. The lowest BCUT2D eigenvalue weighted by atomic mass is 10.1. The Morgan fingerprint density at radius 3 is 2.88 bits per heavy atom. The van der Waals surface area contributed by atoms with E-state index in [2.05, 4.69) is 27.7 Å². The number of nitriles is 2. The third kappa shape index (κ3) is 2.33. The molecule has 1 aliphatic heterocycles. The van der Waals surface area contributed by atoms with Gasteiger partial charge >= 0.3 is 0 Å². The quantitative estimate of drug-likeness (QED) is 0.660. The highest BCUT2D eigenvalue weighted by atomic mass is 16.5. The van der Waals surface area contributed by atoms with Gasteiger partial charge in [0.1, 0.15) is 28.6 Å². The Labute approximate surface area is 149 Å². The fourth-order valence-electron chi connectivity index (χ4n) is 3.44. The van der Waals surface area contributed by atoms with E-state index < -0.39 is 0 Å². The standard InChI is InChI=1S/C17H16N8O/c1-11-16(21-22-25(11)14-3-4-23(9-14)10-19)12-5-15(26-2)17-13(6-18)7-20-24(17)8-12/h5,7-8,14H,3-4,9H2,1-2H3/t14-/m1/s1. The molecule has 3 aromatic heterocycles. The molecule has 0 N–H and O–H groups in total. The van der Waals surface area contributed by atoms with Gasteiger partial charge in [-0.25, -0.2) is 9.20 Å². The molecule has 26 heavy (non-hydrogen) atoms. The highest BCUT2D eigenvalue weighted by Crippen LogP contribution is 2.31. The molecule has 4 rings (SSSR count). The van der Waals surface area contributed by atoms with E-state index in [1.54, 1.807) is 16.5 Å². The van der Waals surface area contributed by atoms with Crippen molar-refractivity contribution in [1.29, 1.82) is 10.5 Å². The summed E-state index contributed by atoms with van der Waals surface area (Å²) in [6.07, 6.45) is 6.38. The second-order valence-corrected chi connectivity index (χ2v) is 6.22. The van der Waals surface area contributed by atoms with Crippen molar-refractivity contribution in [3.05, 3.63) is 29.7 Å². The number of methoxy groups -OCH3 is 1. The van der Waals surface area contributed by atoms with Gasteiger partial charge in [-0.05, 0) is 19.4 Å². The van der Waals surface area contributed by atoms with Crippen molar-refractivity contribution >= 4 is 5.52 Å². The summed E-state index contributed by atoms with van der Waals surface area (Å²) < 4.78 is 8.96. The van der Waals surface area contributed by atoms with E-state index in [4.69, 9.17) is 10.00 Å². The minimum absolute atomic E-state index is 0.136. The van der Waals surface area contributed by atoms with Gasteiger partial charge in [0.15, 0.2) is 6.19 Å². The lowest BCUT2D eigenvalue weighted by Crippen LogP contribution is -2.17. The number of hydrogen-bond donors (Lipinski definition) is 0. The first-order valence-corrected chi connectivity index (χ1v) is 8.18. The summed E-state index contributed by atoms with van der Waals surface area (Å²) in [7, 11) is 1.56. The van der Waals surface area contributed by atoms with Crippen LogP contribution in [0, 0.1) is 29.7 Å². The molecule has 0 amide bonds. The number of fused-ring (bicyclic) bond motifs is 1. The second kappa shape index (κ2) is 6.05. The maximum atomic E-state index is 9.23. The average molecular weight is 348 g/mol. The number of ether oxygens (including phenoxy) is 1. The molecule has 0 bridgehead atoms. The van der Waals surface area contributed by atoms with Gasteiger partial charge in [0, 0.05) is 18.3 Å². The first-order chi connectivity index (χ1) is 12.7. The first-order valence-electron chi connectivity index (χ1n) is 8.18. The van der Waals surface area contributed by atoms with Crippen LogP contribution < -0.4 is 4.74 Å². The molecule has 4 heterocycles. The lowest BCUT2D eigenvalue weighted by molar-refractivity contribution is 0.415. The van der Waals surface area contributed by atoms with Crippen LogP contribution in [-0.4, -0.2) is 49.7 Å². The molecule has 1 fully saturated rings. The summed E-state index contributed by atoms with van der Waals surface area (Å²) in [5, 5.41) is 31.2. The molecule has 3 aromatic rings. The van der Waals surface area contributed by atoms with Gasteiger partial charge < -0.3 is 9.64 Å². The van der Waals surface area contributed by atoms with Crippen LogP contribution in [0.25, 0.3) is 16.8 Å². The van der Waals surface area contributed by atoms with Crippen LogP contribution in [0.3, 0.4) is 0 Å². The average Bonchev–Trinajstić information content (AvgIpc) is 3.38. The Bertz CT molecular complexity index is 1070. The topological polar surface area (TPSA) is 108 Å². The molecule has 0 radical (unpaired) electrons. The molecule has 9 heteroatoms. The van der Waals surface area contributed by atoms with Crippen LogP contribution in [0.1, 0.15) is 23.7 Å². The zero-order chi connectivity index (χ0) is 18.3. The molecule has 0 unspecified atom stereocenters. The van der Waals surface area contributed by atoms with Crippen LogP contribution in [0.15, 0.2) is 18.5 Å². The zero-order valence-electron chi connectivity index (χ0n) is 14.4. The number of pyridine rings is 1. The number of likely N-dealkylation sites (tertiary alicyclic amines) is 1. The molecule has 1 aliphatic rings. The van der Waals surface area contributed by atoms with Gasteiger partial charge in [-0.1, -0.05) is 5.21 Å². The Kier molecular flexibility index (Phi) is 3.70. The fourth-order valence-corrected chi connectivity index (χ4v) is 3.44. The Balaban J connectivity index is 1.77. The van der Waals surface area contributed by atoms with Crippen molar-refractivity contribution < 1.29 is 4.74 Å². The van der Waals surface area contributed by atoms with Crippen molar-refractivity contribution in [2.45, 2.75) is 19.4 Å². The molecular formula is C17H16N8O. The Morgan fingerprint density at radius 1 is 1.35 bits per heavy atom. The smallest absolute Gasteiger partial charge is 0.179 e. The largest absolute Gasteiger partial charge is 0.494 e. The predicted molar refractivity (Wildman–Crippen MR) is 91.1 cm³/mol. The summed E-state index contributed by atoms with van der Waals surface area (Å²) in [5.74, 6) is 0.557. The molecule has 0 aromatic carbocycles. The van der Waals surface area contributed by atoms with Crippen molar-refractivity contribution in [2.24, 2.45) is 0 Å². The van der Waals surface area contributed by atoms with Crippen LogP contribution >= 0.6 is 0 Å². The molecule has 0 aliphatic carbocycles. The van der Waals surface area contributed by atoms with E-state index in [-0.39, 0.29) is 6.04 Å². The number of aromatic nitrogens is 5. The van der Waals surface area contributed by atoms with Gasteiger partial charge in [-0.15, -0.1) is 5.10 Å². The summed E-state index contributed by atoms with van der Waals surface area (Å²) in [6.45, 7) is 3.35. The molecule has 1 atom stereocenters. The number of nitrogens with zero attached hydrogens (tertiary/aromatic N) is 8. The fraction of sp³-hybridized carbons (Fsp3) is 0.353. The summed E-state index contributed by atoms with van der Waals surface area (Å²) >= 11 is 0. The Morgan fingerprint density at radius 2 is 2.19 bits per heavy atom. The van der Waals surface area contributed by atoms with E-state index in [1.807, 2.05) is 23.9 Å². The minimum Gasteiger partial charge on any atom is -0.494 e. The third-order valence-electron chi connectivity index (χ3n) is 4.77. The number of rotatable bonds is 3. The molecule has 130 valence electrons. The zero-order valence-corrected chi connectivity index (χ0v) is 14.4. The normalized spacial score (nSPS) is 16.6. The van der Waals surface area contributed by atoms with E-state index in [0.717, 1.165) is 29.9 Å². The van der Waals surface area contributed by atoms with E-state index in [0.29, 0.717) is 23.4 Å². The van der Waals surface area contributed by atoms with Crippen LogP contribution in [0.4, 0.5) is 0 Å². The monoisotopic (exact) mass is 348 g/mol. The minimum atomic E-state index is 0.136. The van der Waals surface area contributed by atoms with Gasteiger partial charge in [0.2, 0.25) is 0 Å². The number of hydrogen-bond acceptors (Lipinski definition) is 7. The van der Waals surface area contributed by atoms with Gasteiger partial charge in [0.05, 0.1) is 31.6 Å². The van der Waals surface area contributed by atoms with Gasteiger partial charge in [-0.2, -0.15) is 15.6 Å². The lowest BCUT2D eigenvalue weighted by Gasteiger charge is -2.12. The van der Waals surface area contributed by atoms with Crippen LogP contribution in [-0.2, 0) is 0 Å². The van der Waals surface area contributed by atoms with Crippen molar-refractivity contribution in [2.75, 3.05) is 20.2 Å². The van der Waals surface area contributed by atoms with E-state index in [9.17, 15) is 5.26 Å². The SMILES string of the molecule is COc1cc(-c2nnn([C@@H]3CCN(C#N)C3)c2C)cn2ncc(C#N)c12. The summed E-state index contributed by atoms with van der Waals surface area (Å²) in [5.41, 5.74) is 3.54. The molecular weight excluding hydrogens is 332 g/mol. The molecule has 1 saturated heterocycles. The maximum absolute atomic E-state index is 9.23. The van der Waals surface area contributed by atoms with Crippen molar-refractivity contribution in [1.82, 2.24) is 29.5 Å². The first kappa shape index (κ1) is 15.9. The highest BCUT2D eigenvalue weighted by Gasteiger charge is 2.26. The van der Waals surface area contributed by atoms with Crippen LogP contribution in [0.5, 0.6) is 5.75 Å². The van der Waals surface area contributed by atoms with Gasteiger partial charge in [-0.3, -0.25) is 0 Å². The van der Waals surface area contributed by atoms with Gasteiger partial charge in [0.25, 0.3) is 0 Å². The molecule has 9 nitrogen and oxygen atoms in total. The second-order valence-electron chi connectivity index (χ2n) is 6.22. The highest BCUT2D eigenvalue weighted by molar-refractivity contribution is 5.74. The Hall–Kier alpha value is -3.59.